The third-order valence-corrected chi connectivity index (χ3v) is 3.73. The lowest BCUT2D eigenvalue weighted by Gasteiger charge is -2.11. The van der Waals surface area contributed by atoms with Crippen LogP contribution in [0.15, 0.2) is 30.6 Å². The number of aryl methyl sites for hydroxylation is 1. The van der Waals surface area contributed by atoms with Crippen LogP contribution in [0.3, 0.4) is 0 Å². The molecule has 7 nitrogen and oxygen atoms in total. The topological polar surface area (TPSA) is 100 Å². The number of nitrogens with zero attached hydrogens (tertiary/aromatic N) is 3. The summed E-state index contributed by atoms with van der Waals surface area (Å²) < 4.78 is 0. The average molecular weight is 332 g/mol. The van der Waals surface area contributed by atoms with Gasteiger partial charge < -0.3 is 5.11 Å². The fourth-order valence-corrected chi connectivity index (χ4v) is 2.62. The molecule has 3 rings (SSSR count). The van der Waals surface area contributed by atoms with Gasteiger partial charge in [0, 0.05) is 11.2 Å². The molecule has 1 N–H and O–H groups in total. The third-order valence-electron chi connectivity index (χ3n) is 3.50. The molecule has 0 aliphatic carbocycles. The SMILES string of the molecule is Cc1cnc(C(=O)C2C(=O)N(C(=O)O)c3cc(Cl)ccc32)cn1. The Bertz CT molecular complexity index is 835. The number of amides is 2. The molecule has 2 aromatic rings. The van der Waals surface area contributed by atoms with Crippen LogP contribution < -0.4 is 4.90 Å². The number of rotatable bonds is 2. The normalized spacial score (nSPS) is 16.3. The van der Waals surface area contributed by atoms with E-state index in [9.17, 15) is 19.5 Å². The lowest BCUT2D eigenvalue weighted by atomic mass is 9.94. The van der Waals surface area contributed by atoms with E-state index in [-0.39, 0.29) is 22.0 Å². The second-order valence-corrected chi connectivity index (χ2v) is 5.44. The van der Waals surface area contributed by atoms with Gasteiger partial charge in [-0.1, -0.05) is 17.7 Å². The molecule has 23 heavy (non-hydrogen) atoms. The predicted molar refractivity (Wildman–Crippen MR) is 80.8 cm³/mol. The third kappa shape index (κ3) is 2.44. The van der Waals surface area contributed by atoms with Crippen molar-refractivity contribution in [3.63, 3.8) is 0 Å². The van der Waals surface area contributed by atoms with Gasteiger partial charge in [0.2, 0.25) is 0 Å². The molecule has 1 aliphatic rings. The molecular weight excluding hydrogens is 322 g/mol. The van der Waals surface area contributed by atoms with Gasteiger partial charge in [-0.25, -0.2) is 14.7 Å². The Hall–Kier alpha value is -2.80. The number of Topliss-reactive ketones (excluding diaryl/α,β-unsaturated/α-hetero) is 1. The van der Waals surface area contributed by atoms with Gasteiger partial charge in [-0.2, -0.15) is 0 Å². The zero-order valence-corrected chi connectivity index (χ0v) is 12.6. The molecule has 1 aliphatic heterocycles. The lowest BCUT2D eigenvalue weighted by molar-refractivity contribution is -0.117. The van der Waals surface area contributed by atoms with Crippen molar-refractivity contribution in [2.24, 2.45) is 0 Å². The Morgan fingerprint density at radius 2 is 2.00 bits per heavy atom. The number of imide groups is 1. The fraction of sp³-hybridized carbons (Fsp3) is 0.133. The summed E-state index contributed by atoms with van der Waals surface area (Å²) in [6, 6.07) is 4.32. The highest BCUT2D eigenvalue weighted by molar-refractivity contribution is 6.33. The monoisotopic (exact) mass is 331 g/mol. The van der Waals surface area contributed by atoms with Crippen LogP contribution in [0.2, 0.25) is 5.02 Å². The Kier molecular flexibility index (Phi) is 3.57. The minimum atomic E-state index is -1.47. The molecule has 116 valence electrons. The number of carboxylic acid groups (broad SMARTS) is 1. The molecule has 0 radical (unpaired) electrons. The van der Waals surface area contributed by atoms with Gasteiger partial charge in [-0.05, 0) is 24.6 Å². The number of fused-ring (bicyclic) bond motifs is 1. The minimum absolute atomic E-state index is 0.00193. The van der Waals surface area contributed by atoms with Gasteiger partial charge in [0.1, 0.15) is 11.6 Å². The summed E-state index contributed by atoms with van der Waals surface area (Å²) in [7, 11) is 0. The summed E-state index contributed by atoms with van der Waals surface area (Å²) in [4.78, 5) is 44.9. The first kappa shape index (κ1) is 15.1. The van der Waals surface area contributed by atoms with E-state index in [0.29, 0.717) is 10.6 Å². The maximum atomic E-state index is 12.6. The number of ketones is 1. The molecule has 1 atom stereocenters. The number of carbonyl (C=O) groups excluding carboxylic acids is 2. The van der Waals surface area contributed by atoms with Crippen molar-refractivity contribution in [3.8, 4) is 0 Å². The van der Waals surface area contributed by atoms with Crippen molar-refractivity contribution >= 4 is 35.1 Å². The van der Waals surface area contributed by atoms with Gasteiger partial charge in [-0.3, -0.25) is 14.6 Å². The number of benzene rings is 1. The van der Waals surface area contributed by atoms with Crippen molar-refractivity contribution in [2.45, 2.75) is 12.8 Å². The molecule has 2 amide bonds. The van der Waals surface area contributed by atoms with Crippen molar-refractivity contribution < 1.29 is 19.5 Å². The molecule has 0 saturated heterocycles. The van der Waals surface area contributed by atoms with Crippen molar-refractivity contribution in [2.75, 3.05) is 4.90 Å². The highest BCUT2D eigenvalue weighted by Crippen LogP contribution is 2.40. The molecular formula is C15H10ClN3O4. The standard InChI is InChI=1S/C15H10ClN3O4/c1-7-5-18-10(6-17-7)13(20)12-9-3-2-8(16)4-11(9)19(14(12)21)15(22)23/h2-6,12H,1H3,(H,22,23). The molecule has 1 unspecified atom stereocenters. The lowest BCUT2D eigenvalue weighted by Crippen LogP contribution is -2.35. The van der Waals surface area contributed by atoms with E-state index < -0.39 is 23.7 Å². The Morgan fingerprint density at radius 1 is 1.26 bits per heavy atom. The Labute approximate surface area is 135 Å². The van der Waals surface area contributed by atoms with Crippen molar-refractivity contribution in [3.05, 3.63) is 52.6 Å². The molecule has 2 heterocycles. The molecule has 0 fully saturated rings. The van der Waals surface area contributed by atoms with Crippen LogP contribution in [-0.4, -0.2) is 32.9 Å². The number of anilines is 1. The van der Waals surface area contributed by atoms with E-state index in [0.717, 1.165) is 0 Å². The van der Waals surface area contributed by atoms with Gasteiger partial charge in [0.05, 0.1) is 17.6 Å². The quantitative estimate of drug-likeness (QED) is 0.670. The molecule has 0 saturated carbocycles. The molecule has 8 heteroatoms. The number of hydrogen-bond acceptors (Lipinski definition) is 5. The van der Waals surface area contributed by atoms with Gasteiger partial charge >= 0.3 is 6.09 Å². The summed E-state index contributed by atoms with van der Waals surface area (Å²) in [5.74, 6) is -2.72. The zero-order valence-electron chi connectivity index (χ0n) is 11.9. The van der Waals surface area contributed by atoms with Crippen LogP contribution in [0.1, 0.15) is 27.7 Å². The smallest absolute Gasteiger partial charge is 0.418 e. The second-order valence-electron chi connectivity index (χ2n) is 5.00. The molecule has 1 aromatic carbocycles. The first-order chi connectivity index (χ1) is 10.9. The predicted octanol–water partition coefficient (Wildman–Crippen LogP) is 2.43. The van der Waals surface area contributed by atoms with Gasteiger partial charge in [-0.15, -0.1) is 0 Å². The number of halogens is 1. The number of carbonyl (C=O) groups is 3. The number of hydrogen-bond donors (Lipinski definition) is 1. The summed E-state index contributed by atoms with van der Waals surface area (Å²) in [6.45, 7) is 1.71. The minimum Gasteiger partial charge on any atom is -0.464 e. The maximum absolute atomic E-state index is 12.6. The maximum Gasteiger partial charge on any atom is 0.418 e. The van der Waals surface area contributed by atoms with E-state index in [1.54, 1.807) is 6.92 Å². The number of aromatic nitrogens is 2. The highest BCUT2D eigenvalue weighted by atomic mass is 35.5. The molecule has 1 aromatic heterocycles. The van der Waals surface area contributed by atoms with Gasteiger partial charge in [0.15, 0.2) is 5.78 Å². The largest absolute Gasteiger partial charge is 0.464 e. The first-order valence-corrected chi connectivity index (χ1v) is 6.97. The Balaban J connectivity index is 2.10. The molecule has 0 spiro atoms. The summed E-state index contributed by atoms with van der Waals surface area (Å²) in [5, 5.41) is 9.52. The van der Waals surface area contributed by atoms with Crippen LogP contribution in [0.4, 0.5) is 10.5 Å². The van der Waals surface area contributed by atoms with Crippen LogP contribution in [-0.2, 0) is 4.79 Å². The summed E-state index contributed by atoms with van der Waals surface area (Å²) in [6.07, 6.45) is 1.21. The zero-order chi connectivity index (χ0) is 16.7. The van der Waals surface area contributed by atoms with Crippen LogP contribution in [0.25, 0.3) is 0 Å². The average Bonchev–Trinajstić information content (AvgIpc) is 2.78. The van der Waals surface area contributed by atoms with Crippen LogP contribution >= 0.6 is 11.6 Å². The van der Waals surface area contributed by atoms with Crippen LogP contribution in [0, 0.1) is 6.92 Å². The highest BCUT2D eigenvalue weighted by Gasteiger charge is 2.45. The van der Waals surface area contributed by atoms with Crippen molar-refractivity contribution in [1.82, 2.24) is 9.97 Å². The van der Waals surface area contributed by atoms with E-state index >= 15 is 0 Å². The summed E-state index contributed by atoms with van der Waals surface area (Å²) in [5.41, 5.74) is 1.00. The fourth-order valence-electron chi connectivity index (χ4n) is 2.45. The van der Waals surface area contributed by atoms with E-state index in [1.165, 1.54) is 30.6 Å². The Morgan fingerprint density at radius 3 is 2.61 bits per heavy atom. The van der Waals surface area contributed by atoms with Crippen molar-refractivity contribution in [1.29, 1.82) is 0 Å². The van der Waals surface area contributed by atoms with Gasteiger partial charge in [0.25, 0.3) is 5.91 Å². The van der Waals surface area contributed by atoms with Crippen LogP contribution in [0.5, 0.6) is 0 Å². The second kappa shape index (κ2) is 5.44. The van der Waals surface area contributed by atoms with E-state index in [1.807, 2.05) is 0 Å². The summed E-state index contributed by atoms with van der Waals surface area (Å²) >= 11 is 5.86. The van der Waals surface area contributed by atoms with E-state index in [4.69, 9.17) is 11.6 Å². The molecule has 0 bridgehead atoms. The van der Waals surface area contributed by atoms with E-state index in [2.05, 4.69) is 9.97 Å². The first-order valence-electron chi connectivity index (χ1n) is 6.59.